The van der Waals surface area contributed by atoms with Crippen molar-refractivity contribution >= 4 is 24.8 Å². The molecular formula is C24H24FN8O6P. The number of nitrogens with two attached hydrogens (primary N) is 1. The Hall–Kier alpha value is -4.26. The summed E-state index contributed by atoms with van der Waals surface area (Å²) in [5.74, 6) is 0.343. The van der Waals surface area contributed by atoms with E-state index in [0.717, 1.165) is 17.5 Å². The average molecular weight is 570 g/mol. The maximum atomic E-state index is 15.5. The summed E-state index contributed by atoms with van der Waals surface area (Å²) in [6.07, 6.45) is -3.44. The van der Waals surface area contributed by atoms with E-state index in [0.29, 0.717) is 0 Å². The monoisotopic (exact) mass is 570 g/mol. The number of benzene rings is 2. The molecule has 0 saturated carbocycles. The topological polar surface area (TPSA) is 193 Å². The molecule has 4 atom stereocenters. The van der Waals surface area contributed by atoms with Gasteiger partial charge in [0.1, 0.15) is 29.4 Å². The summed E-state index contributed by atoms with van der Waals surface area (Å²) in [7, 11) is -4.54. The number of aliphatic hydroxyl groups is 1. The summed E-state index contributed by atoms with van der Waals surface area (Å²) >= 11 is 0. The van der Waals surface area contributed by atoms with E-state index in [1.807, 2.05) is 13.8 Å². The lowest BCUT2D eigenvalue weighted by molar-refractivity contribution is -0.120. The van der Waals surface area contributed by atoms with Gasteiger partial charge in [0, 0.05) is 4.91 Å². The highest BCUT2D eigenvalue weighted by Gasteiger charge is 2.57. The van der Waals surface area contributed by atoms with Gasteiger partial charge in [-0.25, -0.2) is 23.9 Å². The molecule has 3 heterocycles. The second-order valence-corrected chi connectivity index (χ2v) is 10.6. The molecule has 14 nitrogen and oxygen atoms in total. The van der Waals surface area contributed by atoms with Crippen LogP contribution in [0.1, 0.15) is 17.4 Å². The molecule has 1 aliphatic rings. The van der Waals surface area contributed by atoms with Gasteiger partial charge in [-0.2, -0.15) is 0 Å². The molecule has 0 spiro atoms. The number of azide groups is 1. The van der Waals surface area contributed by atoms with Crippen molar-refractivity contribution in [1.82, 2.24) is 19.5 Å². The first-order valence-electron chi connectivity index (χ1n) is 11.9. The zero-order valence-corrected chi connectivity index (χ0v) is 22.1. The molecule has 3 N–H and O–H groups in total. The van der Waals surface area contributed by atoms with Crippen LogP contribution in [0.4, 0.5) is 10.2 Å². The minimum Gasteiger partial charge on any atom is -0.395 e. The molecule has 1 saturated heterocycles. The van der Waals surface area contributed by atoms with Gasteiger partial charge >= 0.3 is 7.82 Å². The van der Waals surface area contributed by atoms with Crippen molar-refractivity contribution in [2.75, 3.05) is 12.3 Å². The van der Waals surface area contributed by atoms with Crippen LogP contribution >= 0.6 is 7.82 Å². The largest absolute Gasteiger partial charge is 0.587 e. The number of aliphatic hydroxyl groups excluding tert-OH is 1. The number of phosphoric acid groups is 1. The zero-order valence-electron chi connectivity index (χ0n) is 21.2. The Bertz CT molecular complexity index is 1560. The molecule has 40 heavy (non-hydrogen) atoms. The number of nitrogens with zero attached hydrogens (tertiary/aromatic N) is 7. The van der Waals surface area contributed by atoms with Gasteiger partial charge in [0.05, 0.1) is 12.9 Å². The Morgan fingerprint density at radius 3 is 2.30 bits per heavy atom. The number of imidazole rings is 1. The molecule has 1 fully saturated rings. The minimum absolute atomic E-state index is 0.0461. The van der Waals surface area contributed by atoms with Gasteiger partial charge in [-0.05, 0) is 43.6 Å². The first-order chi connectivity index (χ1) is 19.1. The smallest absolute Gasteiger partial charge is 0.395 e. The molecule has 2 aromatic carbocycles. The summed E-state index contributed by atoms with van der Waals surface area (Å²) in [5, 5.41) is 14.4. The standard InChI is InChI=1S/C24H24FN8O6P/c1-14-3-7-16(8-4-14)38-40(35,39-17-9-5-15(2)6-10-17)36-11-24(31-32-27)20(34)18(25)23(37-24)33-13-30-19-21(26)28-12-29-22(19)33/h3-10,12-13,18,20,23,34H,11H2,1-2H3,(H2,26,28,29)/t18-,20+,23-,24-/m1/s1. The molecule has 5 rings (SSSR count). The van der Waals surface area contributed by atoms with Gasteiger partial charge in [0.25, 0.3) is 0 Å². The van der Waals surface area contributed by atoms with E-state index >= 15 is 4.39 Å². The maximum absolute atomic E-state index is 15.5. The van der Waals surface area contributed by atoms with E-state index in [4.69, 9.17) is 24.0 Å². The Balaban J connectivity index is 1.45. The van der Waals surface area contributed by atoms with Crippen LogP contribution in [0.25, 0.3) is 21.6 Å². The third kappa shape index (κ3) is 5.28. The number of aromatic nitrogens is 4. The fraction of sp³-hybridized carbons (Fsp3) is 0.292. The Labute approximate surface area is 226 Å². The molecule has 0 unspecified atom stereocenters. The Morgan fingerprint density at radius 1 is 1.12 bits per heavy atom. The van der Waals surface area contributed by atoms with Crippen LogP contribution in [-0.4, -0.2) is 49.2 Å². The van der Waals surface area contributed by atoms with Crippen LogP contribution in [-0.2, 0) is 13.8 Å². The zero-order chi connectivity index (χ0) is 28.5. The highest BCUT2D eigenvalue weighted by atomic mass is 31.2. The number of hydrogen-bond acceptors (Lipinski definition) is 11. The van der Waals surface area contributed by atoms with Gasteiger partial charge in [0.2, 0.25) is 5.72 Å². The summed E-state index contributed by atoms with van der Waals surface area (Å²) in [5.41, 5.74) is 14.8. The van der Waals surface area contributed by atoms with Crippen LogP contribution in [0, 0.1) is 13.8 Å². The van der Waals surface area contributed by atoms with Crippen molar-refractivity contribution in [3.05, 3.63) is 82.8 Å². The first-order valence-corrected chi connectivity index (χ1v) is 13.4. The number of aryl methyl sites for hydroxylation is 2. The molecule has 0 amide bonds. The highest BCUT2D eigenvalue weighted by molar-refractivity contribution is 7.49. The second-order valence-electron chi connectivity index (χ2n) is 9.04. The molecule has 1 aliphatic heterocycles. The van der Waals surface area contributed by atoms with E-state index < -0.39 is 38.7 Å². The van der Waals surface area contributed by atoms with Crippen LogP contribution in [0.2, 0.25) is 0 Å². The van der Waals surface area contributed by atoms with Crippen molar-refractivity contribution in [3.63, 3.8) is 0 Å². The number of phosphoric ester groups is 1. The van der Waals surface area contributed by atoms with E-state index in [1.165, 1.54) is 10.9 Å². The molecule has 0 bridgehead atoms. The van der Waals surface area contributed by atoms with Crippen molar-refractivity contribution in [1.29, 1.82) is 0 Å². The molecular weight excluding hydrogens is 546 g/mol. The number of rotatable bonds is 9. The molecule has 208 valence electrons. The van der Waals surface area contributed by atoms with E-state index in [1.54, 1.807) is 48.5 Å². The van der Waals surface area contributed by atoms with Gasteiger partial charge in [0.15, 0.2) is 23.9 Å². The third-order valence-electron chi connectivity index (χ3n) is 6.14. The summed E-state index contributed by atoms with van der Waals surface area (Å²) in [6, 6.07) is 13.1. The van der Waals surface area contributed by atoms with Crippen molar-refractivity contribution in [2.24, 2.45) is 5.11 Å². The van der Waals surface area contributed by atoms with E-state index in [9.17, 15) is 15.2 Å². The van der Waals surface area contributed by atoms with Crippen molar-refractivity contribution in [2.45, 2.75) is 38.1 Å². The Kier molecular flexibility index (Phi) is 7.32. The predicted molar refractivity (Wildman–Crippen MR) is 140 cm³/mol. The Morgan fingerprint density at radius 2 is 1.73 bits per heavy atom. The lowest BCUT2D eigenvalue weighted by Crippen LogP contribution is -2.44. The lowest BCUT2D eigenvalue weighted by atomic mass is 10.1. The van der Waals surface area contributed by atoms with Gasteiger partial charge in [-0.3, -0.25) is 9.09 Å². The lowest BCUT2D eigenvalue weighted by Gasteiger charge is -2.28. The van der Waals surface area contributed by atoms with Crippen LogP contribution in [0.15, 0.2) is 66.3 Å². The average Bonchev–Trinajstić information content (AvgIpc) is 3.47. The van der Waals surface area contributed by atoms with E-state index in [-0.39, 0.29) is 28.5 Å². The summed E-state index contributed by atoms with van der Waals surface area (Å²) in [4.78, 5) is 14.7. The van der Waals surface area contributed by atoms with Gasteiger partial charge < -0.3 is 24.6 Å². The van der Waals surface area contributed by atoms with Gasteiger partial charge in [-0.15, -0.1) is 0 Å². The number of nitrogen functional groups attached to an aromatic ring is 1. The molecule has 16 heteroatoms. The fourth-order valence-electron chi connectivity index (χ4n) is 4.02. The van der Waals surface area contributed by atoms with E-state index in [2.05, 4.69) is 25.0 Å². The fourth-order valence-corrected chi connectivity index (χ4v) is 5.27. The first kappa shape index (κ1) is 27.3. The third-order valence-corrected chi connectivity index (χ3v) is 7.46. The number of alkyl halides is 1. The van der Waals surface area contributed by atoms with Gasteiger partial charge in [-0.1, -0.05) is 40.5 Å². The summed E-state index contributed by atoms with van der Waals surface area (Å²) in [6.45, 7) is 2.81. The highest BCUT2D eigenvalue weighted by Crippen LogP contribution is 2.52. The summed E-state index contributed by atoms with van der Waals surface area (Å²) < 4.78 is 53.1. The predicted octanol–water partition coefficient (Wildman–Crippen LogP) is 4.54. The van der Waals surface area contributed by atoms with Crippen molar-refractivity contribution in [3.8, 4) is 11.5 Å². The second kappa shape index (κ2) is 10.7. The van der Waals surface area contributed by atoms with Crippen molar-refractivity contribution < 1.29 is 32.4 Å². The molecule has 0 aliphatic carbocycles. The molecule has 2 aromatic heterocycles. The number of hydrogen-bond donors (Lipinski definition) is 2. The molecule has 4 aromatic rings. The SMILES string of the molecule is Cc1ccc(OP(=O)(OC[C@@]2(N=[N+]=[N-])O[C@@H](n3cnc4c(N)ncnc43)[C@H](F)[C@@H]2O)Oc2ccc(C)cc2)cc1. The molecule has 0 radical (unpaired) electrons. The number of fused-ring (bicyclic) bond motifs is 1. The normalized spacial score (nSPS) is 22.6. The number of anilines is 1. The van der Waals surface area contributed by atoms with Crippen LogP contribution < -0.4 is 14.8 Å². The number of halogens is 1. The maximum Gasteiger partial charge on any atom is 0.587 e. The quantitative estimate of drug-likeness (QED) is 0.125. The number of ether oxygens (including phenoxy) is 1. The van der Waals surface area contributed by atoms with Crippen LogP contribution in [0.3, 0.4) is 0 Å². The van der Waals surface area contributed by atoms with Crippen LogP contribution in [0.5, 0.6) is 11.5 Å². The minimum atomic E-state index is -4.54.